The molecule has 0 heterocycles. The van der Waals surface area contributed by atoms with Gasteiger partial charge >= 0.3 is 0 Å². The molecule has 0 N–H and O–H groups in total. The van der Waals surface area contributed by atoms with Gasteiger partial charge in [0.1, 0.15) is 17.7 Å². The first-order valence-electron chi connectivity index (χ1n) is 9.42. The predicted molar refractivity (Wildman–Crippen MR) is 113 cm³/mol. The van der Waals surface area contributed by atoms with Crippen molar-refractivity contribution in [2.75, 3.05) is 0 Å². The lowest BCUT2D eigenvalue weighted by atomic mass is 9.97. The van der Waals surface area contributed by atoms with Crippen LogP contribution >= 0.6 is 0 Å². The molecule has 136 valence electrons. The zero-order valence-electron chi connectivity index (χ0n) is 17.4. The highest BCUT2D eigenvalue weighted by Gasteiger charge is 2.26. The molecular formula is C24H30N2. The zero-order valence-corrected chi connectivity index (χ0v) is 17.4. The second-order valence-electron chi connectivity index (χ2n) is 5.07. The maximum atomic E-state index is 9.25. The van der Waals surface area contributed by atoms with Crippen LogP contribution in [-0.2, 0) is 0 Å². The molecule has 0 bridgehead atoms. The summed E-state index contributed by atoms with van der Waals surface area (Å²) < 4.78 is 0. The topological polar surface area (TPSA) is 47.6 Å². The molecule has 2 aromatic carbocycles. The summed E-state index contributed by atoms with van der Waals surface area (Å²) in [7, 11) is 0. The highest BCUT2D eigenvalue weighted by Crippen LogP contribution is 2.46. The molecule has 2 heteroatoms. The van der Waals surface area contributed by atoms with Crippen molar-refractivity contribution in [1.82, 2.24) is 0 Å². The molecule has 0 unspecified atom stereocenters. The Balaban J connectivity index is 0.000000948. The van der Waals surface area contributed by atoms with Crippen molar-refractivity contribution < 1.29 is 0 Å². The largest absolute Gasteiger partial charge is 0.192 e. The lowest BCUT2D eigenvalue weighted by Crippen LogP contribution is -1.88. The van der Waals surface area contributed by atoms with Gasteiger partial charge in [0.15, 0.2) is 0 Å². The van der Waals surface area contributed by atoms with E-state index < -0.39 is 0 Å². The lowest BCUT2D eigenvalue weighted by molar-refractivity contribution is 1.43. The minimum absolute atomic E-state index is 0.182. The average Bonchev–Trinajstić information content (AvgIpc) is 3.00. The molecule has 0 saturated heterocycles. The number of aryl methyl sites for hydroxylation is 2. The molecule has 0 radical (unpaired) electrons. The SMILES string of the molecule is CC.CC.CC.Cc1ccc2c(c1)C(=C(C#N)C#N)c1cc(C)ccc1-2. The van der Waals surface area contributed by atoms with Gasteiger partial charge in [0, 0.05) is 5.57 Å². The van der Waals surface area contributed by atoms with E-state index in [0.29, 0.717) is 0 Å². The second kappa shape index (κ2) is 11.7. The van der Waals surface area contributed by atoms with E-state index in [4.69, 9.17) is 0 Å². The number of hydrogen-bond donors (Lipinski definition) is 0. The smallest absolute Gasteiger partial charge is 0.138 e. The monoisotopic (exact) mass is 346 g/mol. The number of allylic oxidation sites excluding steroid dienone is 1. The summed E-state index contributed by atoms with van der Waals surface area (Å²) in [5.41, 5.74) is 7.38. The predicted octanol–water partition coefficient (Wildman–Crippen LogP) is 7.21. The summed E-state index contributed by atoms with van der Waals surface area (Å²) >= 11 is 0. The fraction of sp³-hybridized carbons (Fsp3) is 0.333. The number of hydrogen-bond acceptors (Lipinski definition) is 2. The quantitative estimate of drug-likeness (QED) is 0.404. The van der Waals surface area contributed by atoms with Gasteiger partial charge in [-0.15, -0.1) is 0 Å². The van der Waals surface area contributed by atoms with E-state index in [1.54, 1.807) is 0 Å². The molecule has 1 aliphatic carbocycles. The molecule has 0 spiro atoms. The third-order valence-electron chi connectivity index (χ3n) is 3.65. The van der Waals surface area contributed by atoms with Crippen LogP contribution in [-0.4, -0.2) is 0 Å². The van der Waals surface area contributed by atoms with Crippen molar-refractivity contribution in [1.29, 1.82) is 10.5 Å². The van der Waals surface area contributed by atoms with Crippen LogP contribution in [0.25, 0.3) is 16.7 Å². The van der Waals surface area contributed by atoms with Gasteiger partial charge in [-0.3, -0.25) is 0 Å². The first-order chi connectivity index (χ1) is 12.7. The summed E-state index contributed by atoms with van der Waals surface area (Å²) in [5, 5.41) is 18.5. The molecule has 26 heavy (non-hydrogen) atoms. The minimum Gasteiger partial charge on any atom is -0.192 e. The molecule has 0 aromatic heterocycles. The van der Waals surface area contributed by atoms with Gasteiger partial charge in [-0.05, 0) is 36.1 Å². The van der Waals surface area contributed by atoms with Crippen molar-refractivity contribution in [3.63, 3.8) is 0 Å². The Morgan fingerprint density at radius 1 is 0.615 bits per heavy atom. The van der Waals surface area contributed by atoms with E-state index in [1.807, 2.05) is 67.5 Å². The molecule has 0 aliphatic heterocycles. The molecule has 2 nitrogen and oxygen atoms in total. The number of fused-ring (bicyclic) bond motifs is 3. The first-order valence-corrected chi connectivity index (χ1v) is 9.42. The molecule has 0 atom stereocenters. The Labute approximate surface area is 159 Å². The van der Waals surface area contributed by atoms with Gasteiger partial charge in [0.2, 0.25) is 0 Å². The summed E-state index contributed by atoms with van der Waals surface area (Å²) in [4.78, 5) is 0. The number of nitrogens with zero attached hydrogens (tertiary/aromatic N) is 2. The summed E-state index contributed by atoms with van der Waals surface area (Å²) in [6, 6.07) is 16.4. The van der Waals surface area contributed by atoms with Crippen LogP contribution in [0.2, 0.25) is 0 Å². The van der Waals surface area contributed by atoms with Crippen molar-refractivity contribution in [3.8, 4) is 23.3 Å². The molecule has 2 aromatic rings. The van der Waals surface area contributed by atoms with Gasteiger partial charge in [-0.25, -0.2) is 0 Å². The van der Waals surface area contributed by atoms with Crippen LogP contribution in [0, 0.1) is 36.5 Å². The number of benzene rings is 2. The minimum atomic E-state index is 0.182. The highest BCUT2D eigenvalue weighted by molar-refractivity contribution is 6.04. The van der Waals surface area contributed by atoms with E-state index in [-0.39, 0.29) is 5.57 Å². The normalized spacial score (nSPS) is 9.38. The van der Waals surface area contributed by atoms with Crippen molar-refractivity contribution in [2.24, 2.45) is 0 Å². The summed E-state index contributed by atoms with van der Waals surface area (Å²) in [6.45, 7) is 16.0. The van der Waals surface area contributed by atoms with Crippen LogP contribution in [0.3, 0.4) is 0 Å². The Bertz CT molecular complexity index is 774. The second-order valence-corrected chi connectivity index (χ2v) is 5.07. The van der Waals surface area contributed by atoms with E-state index in [2.05, 4.69) is 36.4 Å². The standard InChI is InChI=1S/C18H12N2.3C2H6/c1-11-3-5-14-15-6-4-12(2)8-17(15)18(16(14)7-11)13(9-19)10-20;3*1-2/h3-8H,1-2H3;3*1-2H3. The van der Waals surface area contributed by atoms with Crippen LogP contribution < -0.4 is 0 Å². The van der Waals surface area contributed by atoms with Gasteiger partial charge in [0.25, 0.3) is 0 Å². The molecule has 0 amide bonds. The van der Waals surface area contributed by atoms with E-state index in [1.165, 1.54) is 0 Å². The zero-order chi connectivity index (χ0) is 20.3. The van der Waals surface area contributed by atoms with Crippen molar-refractivity contribution >= 4 is 5.57 Å². The van der Waals surface area contributed by atoms with Gasteiger partial charge < -0.3 is 0 Å². The maximum absolute atomic E-state index is 9.25. The first kappa shape index (κ1) is 23.2. The lowest BCUT2D eigenvalue weighted by Gasteiger charge is -2.03. The highest BCUT2D eigenvalue weighted by atomic mass is 14.3. The average molecular weight is 347 g/mol. The van der Waals surface area contributed by atoms with Crippen LogP contribution in [0.5, 0.6) is 0 Å². The Morgan fingerprint density at radius 3 is 1.27 bits per heavy atom. The van der Waals surface area contributed by atoms with Crippen LogP contribution in [0.15, 0.2) is 42.0 Å². The van der Waals surface area contributed by atoms with Gasteiger partial charge in [0.05, 0.1) is 0 Å². The Morgan fingerprint density at radius 2 is 0.962 bits per heavy atom. The fourth-order valence-electron chi connectivity index (χ4n) is 2.75. The fourth-order valence-corrected chi connectivity index (χ4v) is 2.75. The van der Waals surface area contributed by atoms with E-state index in [9.17, 15) is 10.5 Å². The maximum Gasteiger partial charge on any atom is 0.138 e. The Hall–Kier alpha value is -2.84. The molecular weight excluding hydrogens is 316 g/mol. The van der Waals surface area contributed by atoms with Crippen LogP contribution in [0.4, 0.5) is 0 Å². The number of rotatable bonds is 0. The van der Waals surface area contributed by atoms with E-state index >= 15 is 0 Å². The van der Waals surface area contributed by atoms with Crippen molar-refractivity contribution in [3.05, 3.63) is 64.2 Å². The number of nitriles is 2. The Kier molecular flexibility index (Phi) is 10.4. The molecule has 3 rings (SSSR count). The van der Waals surface area contributed by atoms with E-state index in [0.717, 1.165) is 39.0 Å². The third kappa shape index (κ3) is 4.62. The molecule has 1 aliphatic rings. The van der Waals surface area contributed by atoms with Crippen LogP contribution in [0.1, 0.15) is 63.8 Å². The summed E-state index contributed by atoms with van der Waals surface area (Å²) in [5.74, 6) is 0. The third-order valence-corrected chi connectivity index (χ3v) is 3.65. The van der Waals surface area contributed by atoms with Gasteiger partial charge in [-0.2, -0.15) is 10.5 Å². The molecule has 0 saturated carbocycles. The van der Waals surface area contributed by atoms with Crippen molar-refractivity contribution in [2.45, 2.75) is 55.4 Å². The summed E-state index contributed by atoms with van der Waals surface area (Å²) in [6.07, 6.45) is 0. The molecule has 0 fully saturated rings. The van der Waals surface area contributed by atoms with Gasteiger partial charge in [-0.1, -0.05) is 89.1 Å².